The van der Waals surface area contributed by atoms with Gasteiger partial charge in [-0.3, -0.25) is 0 Å². The van der Waals surface area contributed by atoms with Crippen molar-refractivity contribution < 1.29 is 14.3 Å². The van der Waals surface area contributed by atoms with Crippen LogP contribution in [0.25, 0.3) is 0 Å². The van der Waals surface area contributed by atoms with E-state index in [1.54, 1.807) is 0 Å². The number of hydrogen-bond donors (Lipinski definition) is 1. The first-order valence-electron chi connectivity index (χ1n) is 7.23. The number of ether oxygens (including phenoxy) is 2. The molecule has 0 aliphatic rings. The number of nitrogens with zero attached hydrogens (tertiary/aromatic N) is 1. The van der Waals surface area contributed by atoms with Crippen molar-refractivity contribution in [3.8, 4) is 0 Å². The molecule has 0 saturated carbocycles. The number of urea groups is 1. The van der Waals surface area contributed by atoms with Crippen LogP contribution in [0.3, 0.4) is 0 Å². The average molecular weight is 274 g/mol. The molecule has 0 unspecified atom stereocenters. The second kappa shape index (κ2) is 10.0. The standard InChI is InChI=1S/C14H30N2O3/c1-7-18-13(19-8-2)9-10-15-14(17)16(11(3)4)12(5)6/h11-13H,7-10H2,1-6H3,(H,15,17). The van der Waals surface area contributed by atoms with Crippen molar-refractivity contribution in [2.45, 2.75) is 66.3 Å². The highest BCUT2D eigenvalue weighted by Gasteiger charge is 2.19. The summed E-state index contributed by atoms with van der Waals surface area (Å²) in [4.78, 5) is 13.9. The van der Waals surface area contributed by atoms with E-state index >= 15 is 0 Å². The van der Waals surface area contributed by atoms with Crippen LogP contribution in [-0.4, -0.2) is 49.1 Å². The zero-order valence-corrected chi connectivity index (χ0v) is 13.2. The molecule has 0 saturated heterocycles. The maximum absolute atomic E-state index is 12.1. The molecule has 0 aromatic rings. The van der Waals surface area contributed by atoms with Gasteiger partial charge < -0.3 is 19.7 Å². The summed E-state index contributed by atoms with van der Waals surface area (Å²) in [5, 5.41) is 2.92. The Balaban J connectivity index is 4.12. The smallest absolute Gasteiger partial charge is 0.317 e. The van der Waals surface area contributed by atoms with E-state index in [2.05, 4.69) is 5.32 Å². The summed E-state index contributed by atoms with van der Waals surface area (Å²) in [5.41, 5.74) is 0. The fraction of sp³-hybridized carbons (Fsp3) is 0.929. The van der Waals surface area contributed by atoms with Crippen molar-refractivity contribution in [2.24, 2.45) is 0 Å². The first-order chi connectivity index (χ1) is 8.93. The van der Waals surface area contributed by atoms with Crippen molar-refractivity contribution in [1.82, 2.24) is 10.2 Å². The maximum atomic E-state index is 12.1. The molecule has 0 spiro atoms. The second-order valence-corrected chi connectivity index (χ2v) is 4.96. The number of hydrogen-bond acceptors (Lipinski definition) is 3. The molecule has 5 nitrogen and oxygen atoms in total. The lowest BCUT2D eigenvalue weighted by molar-refractivity contribution is -0.138. The fourth-order valence-corrected chi connectivity index (χ4v) is 2.04. The van der Waals surface area contributed by atoms with Gasteiger partial charge in [0.15, 0.2) is 6.29 Å². The Bertz CT molecular complexity index is 231. The maximum Gasteiger partial charge on any atom is 0.317 e. The quantitative estimate of drug-likeness (QED) is 0.658. The minimum absolute atomic E-state index is 0.0308. The van der Waals surface area contributed by atoms with Gasteiger partial charge in [-0.2, -0.15) is 0 Å². The lowest BCUT2D eigenvalue weighted by Crippen LogP contribution is -2.48. The highest BCUT2D eigenvalue weighted by molar-refractivity contribution is 5.74. The summed E-state index contributed by atoms with van der Waals surface area (Å²) in [6.45, 7) is 13.7. The molecule has 1 N–H and O–H groups in total. The van der Waals surface area contributed by atoms with E-state index in [9.17, 15) is 4.79 Å². The zero-order chi connectivity index (χ0) is 14.8. The van der Waals surface area contributed by atoms with Crippen LogP contribution in [0.1, 0.15) is 48.0 Å². The van der Waals surface area contributed by atoms with Gasteiger partial charge in [0, 0.05) is 38.3 Å². The summed E-state index contributed by atoms with van der Waals surface area (Å²) >= 11 is 0. The molecule has 19 heavy (non-hydrogen) atoms. The minimum atomic E-state index is -0.234. The predicted molar refractivity (Wildman–Crippen MR) is 77.2 cm³/mol. The van der Waals surface area contributed by atoms with Crippen LogP contribution in [0.2, 0.25) is 0 Å². The summed E-state index contributed by atoms with van der Waals surface area (Å²) < 4.78 is 10.9. The van der Waals surface area contributed by atoms with E-state index in [-0.39, 0.29) is 24.4 Å². The fourth-order valence-electron chi connectivity index (χ4n) is 2.04. The van der Waals surface area contributed by atoms with E-state index in [1.165, 1.54) is 0 Å². The Morgan fingerprint density at radius 1 is 1.05 bits per heavy atom. The third-order valence-electron chi connectivity index (χ3n) is 2.71. The summed E-state index contributed by atoms with van der Waals surface area (Å²) in [5.74, 6) is 0. The van der Waals surface area contributed by atoms with Crippen LogP contribution in [0.5, 0.6) is 0 Å². The predicted octanol–water partition coefficient (Wildman–Crippen LogP) is 2.60. The van der Waals surface area contributed by atoms with Crippen molar-refractivity contribution in [3.63, 3.8) is 0 Å². The third-order valence-corrected chi connectivity index (χ3v) is 2.71. The number of carbonyl (C=O) groups is 1. The lowest BCUT2D eigenvalue weighted by atomic mass is 10.2. The van der Waals surface area contributed by atoms with E-state index < -0.39 is 0 Å². The van der Waals surface area contributed by atoms with Gasteiger partial charge in [0.25, 0.3) is 0 Å². The highest BCUT2D eigenvalue weighted by Crippen LogP contribution is 2.06. The van der Waals surface area contributed by atoms with E-state index in [0.717, 1.165) is 0 Å². The van der Waals surface area contributed by atoms with Gasteiger partial charge in [-0.05, 0) is 41.5 Å². The van der Waals surface area contributed by atoms with Gasteiger partial charge in [0.2, 0.25) is 0 Å². The zero-order valence-electron chi connectivity index (χ0n) is 13.2. The monoisotopic (exact) mass is 274 g/mol. The summed E-state index contributed by atoms with van der Waals surface area (Å²) in [6.07, 6.45) is 0.430. The lowest BCUT2D eigenvalue weighted by Gasteiger charge is -2.31. The van der Waals surface area contributed by atoms with Gasteiger partial charge in [0.05, 0.1) is 0 Å². The first-order valence-corrected chi connectivity index (χ1v) is 7.23. The van der Waals surface area contributed by atoms with Gasteiger partial charge in [0.1, 0.15) is 0 Å². The van der Waals surface area contributed by atoms with Crippen LogP contribution in [0.4, 0.5) is 4.79 Å². The van der Waals surface area contributed by atoms with Gasteiger partial charge in [-0.25, -0.2) is 4.79 Å². The second-order valence-electron chi connectivity index (χ2n) is 4.96. The Morgan fingerprint density at radius 2 is 1.53 bits per heavy atom. The van der Waals surface area contributed by atoms with E-state index in [1.807, 2.05) is 46.4 Å². The van der Waals surface area contributed by atoms with Crippen LogP contribution in [0.15, 0.2) is 0 Å². The molecule has 0 bridgehead atoms. The van der Waals surface area contributed by atoms with Gasteiger partial charge in [-0.1, -0.05) is 0 Å². The normalized spacial score (nSPS) is 11.4. The minimum Gasteiger partial charge on any atom is -0.353 e. The molecule has 0 radical (unpaired) electrons. The van der Waals surface area contributed by atoms with Crippen LogP contribution >= 0.6 is 0 Å². The van der Waals surface area contributed by atoms with Crippen molar-refractivity contribution in [1.29, 1.82) is 0 Å². The van der Waals surface area contributed by atoms with Crippen molar-refractivity contribution >= 4 is 6.03 Å². The molecule has 0 heterocycles. The Labute approximate surface area is 117 Å². The molecule has 0 rings (SSSR count). The third kappa shape index (κ3) is 7.38. The Kier molecular flexibility index (Phi) is 9.61. The molecule has 5 heteroatoms. The molecular formula is C14H30N2O3. The van der Waals surface area contributed by atoms with E-state index in [0.29, 0.717) is 26.2 Å². The first kappa shape index (κ1) is 18.2. The number of nitrogens with one attached hydrogen (secondary N) is 1. The Hall–Kier alpha value is -0.810. The molecule has 0 fully saturated rings. The van der Waals surface area contributed by atoms with Gasteiger partial charge >= 0.3 is 6.03 Å². The molecule has 2 amide bonds. The highest BCUT2D eigenvalue weighted by atomic mass is 16.7. The molecule has 0 atom stereocenters. The van der Waals surface area contributed by atoms with Gasteiger partial charge in [-0.15, -0.1) is 0 Å². The van der Waals surface area contributed by atoms with Crippen LogP contribution < -0.4 is 5.32 Å². The molecule has 0 aliphatic carbocycles. The molecule has 114 valence electrons. The Morgan fingerprint density at radius 3 is 1.89 bits per heavy atom. The SMILES string of the molecule is CCOC(CCNC(=O)N(C(C)C)C(C)C)OCC. The number of rotatable bonds is 9. The van der Waals surface area contributed by atoms with Crippen LogP contribution in [0, 0.1) is 0 Å². The topological polar surface area (TPSA) is 50.8 Å². The van der Waals surface area contributed by atoms with E-state index in [4.69, 9.17) is 9.47 Å². The summed E-state index contributed by atoms with van der Waals surface area (Å²) in [6, 6.07) is 0.348. The average Bonchev–Trinajstić information content (AvgIpc) is 2.28. The molecule has 0 aliphatic heterocycles. The molecule has 0 aromatic heterocycles. The molecule has 0 aromatic carbocycles. The largest absolute Gasteiger partial charge is 0.353 e. The van der Waals surface area contributed by atoms with Crippen molar-refractivity contribution in [3.05, 3.63) is 0 Å². The number of carbonyl (C=O) groups excluding carboxylic acids is 1. The van der Waals surface area contributed by atoms with Crippen LogP contribution in [-0.2, 0) is 9.47 Å². The summed E-state index contributed by atoms with van der Waals surface area (Å²) in [7, 11) is 0. The number of amides is 2. The van der Waals surface area contributed by atoms with Crippen molar-refractivity contribution in [2.75, 3.05) is 19.8 Å². The molecular weight excluding hydrogens is 244 g/mol.